The van der Waals surface area contributed by atoms with E-state index >= 15 is 0 Å². The van der Waals surface area contributed by atoms with Crippen molar-refractivity contribution in [3.05, 3.63) is 60.2 Å². The summed E-state index contributed by atoms with van der Waals surface area (Å²) in [7, 11) is 0. The molecule has 0 saturated carbocycles. The third-order valence-electron chi connectivity index (χ3n) is 3.41. The van der Waals surface area contributed by atoms with Crippen LogP contribution in [0.2, 0.25) is 0 Å². The molecule has 23 heavy (non-hydrogen) atoms. The number of imidazole rings is 1. The summed E-state index contributed by atoms with van der Waals surface area (Å²) in [5.41, 5.74) is 5.03. The van der Waals surface area contributed by atoms with Gasteiger partial charge in [0, 0.05) is 29.9 Å². The second kappa shape index (κ2) is 6.91. The molecule has 0 aliphatic rings. The Balaban J connectivity index is 2.11. The molecule has 0 saturated heterocycles. The molecule has 3 rings (SSSR count). The lowest BCUT2D eigenvalue weighted by molar-refractivity contribution is 0.305. The summed E-state index contributed by atoms with van der Waals surface area (Å²) in [6.07, 6.45) is 3.95. The van der Waals surface area contributed by atoms with Gasteiger partial charge in [-0.15, -0.1) is 0 Å². The summed E-state index contributed by atoms with van der Waals surface area (Å²) >= 11 is 0. The van der Waals surface area contributed by atoms with E-state index in [1.165, 1.54) is 5.56 Å². The van der Waals surface area contributed by atoms with Crippen LogP contribution in [0.1, 0.15) is 17.8 Å². The third kappa shape index (κ3) is 3.47. The number of aromatic nitrogens is 3. The monoisotopic (exact) mass is 303 g/mol. The van der Waals surface area contributed by atoms with Gasteiger partial charge in [-0.1, -0.05) is 29.7 Å². The summed E-state index contributed by atoms with van der Waals surface area (Å²) in [5.74, 6) is 6.47. The number of aryl methyl sites for hydroxylation is 1. The number of hydrogen-bond acceptors (Lipinski definition) is 3. The van der Waals surface area contributed by atoms with Gasteiger partial charge in [0.2, 0.25) is 0 Å². The quantitative estimate of drug-likeness (QED) is 0.731. The average Bonchev–Trinajstić information content (AvgIpc) is 3.00. The first-order valence-corrected chi connectivity index (χ1v) is 7.45. The predicted octanol–water partition coefficient (Wildman–Crippen LogP) is 3.18. The minimum Gasteiger partial charge on any atom is -0.395 e. The molecular formula is C19H17N3O. The van der Waals surface area contributed by atoms with Gasteiger partial charge in [-0.3, -0.25) is 4.98 Å². The van der Waals surface area contributed by atoms with E-state index in [1.54, 1.807) is 12.4 Å². The van der Waals surface area contributed by atoms with Crippen LogP contribution in [0, 0.1) is 18.8 Å². The largest absolute Gasteiger partial charge is 0.395 e. The molecule has 0 atom stereocenters. The van der Waals surface area contributed by atoms with Gasteiger partial charge in [-0.25, -0.2) is 4.98 Å². The fourth-order valence-electron chi connectivity index (χ4n) is 2.36. The lowest BCUT2D eigenvalue weighted by atomic mass is 10.0. The molecule has 4 heteroatoms. The van der Waals surface area contributed by atoms with Crippen molar-refractivity contribution in [3.8, 4) is 34.4 Å². The standard InChI is InChI=1S/C19H17N3O/c1-14-5-4-6-16(13-14)19-18(15-8-10-20-11-9-15)21-17(22-19)7-2-3-12-23/h4-6,8-11,13,23H,3,12H2,1H3,(H,21,22). The van der Waals surface area contributed by atoms with Crippen molar-refractivity contribution in [3.63, 3.8) is 0 Å². The Kier molecular flexibility index (Phi) is 4.51. The molecule has 4 nitrogen and oxygen atoms in total. The number of pyridine rings is 1. The van der Waals surface area contributed by atoms with Gasteiger partial charge in [0.1, 0.15) is 0 Å². The Morgan fingerprint density at radius 3 is 2.70 bits per heavy atom. The SMILES string of the molecule is Cc1cccc(-c2nc(C#CCCO)[nH]c2-c2ccncc2)c1. The molecule has 0 aliphatic carbocycles. The van der Waals surface area contributed by atoms with Gasteiger partial charge in [0.05, 0.1) is 18.0 Å². The first kappa shape index (κ1) is 15.0. The normalized spacial score (nSPS) is 10.2. The summed E-state index contributed by atoms with van der Waals surface area (Å²) in [4.78, 5) is 12.0. The summed E-state index contributed by atoms with van der Waals surface area (Å²) in [5, 5.41) is 8.85. The van der Waals surface area contributed by atoms with E-state index in [0.29, 0.717) is 12.2 Å². The number of rotatable bonds is 3. The second-order valence-corrected chi connectivity index (χ2v) is 5.19. The molecule has 2 aromatic heterocycles. The zero-order valence-electron chi connectivity index (χ0n) is 12.9. The second-order valence-electron chi connectivity index (χ2n) is 5.19. The highest BCUT2D eigenvalue weighted by Crippen LogP contribution is 2.30. The summed E-state index contributed by atoms with van der Waals surface area (Å²) < 4.78 is 0. The Morgan fingerprint density at radius 1 is 1.13 bits per heavy atom. The molecule has 114 valence electrons. The topological polar surface area (TPSA) is 61.8 Å². The van der Waals surface area contributed by atoms with Crippen LogP contribution in [0.25, 0.3) is 22.5 Å². The van der Waals surface area contributed by atoms with Gasteiger partial charge in [-0.2, -0.15) is 0 Å². The van der Waals surface area contributed by atoms with E-state index in [-0.39, 0.29) is 6.61 Å². The lowest BCUT2D eigenvalue weighted by Gasteiger charge is -2.03. The molecule has 0 aliphatic heterocycles. The number of benzene rings is 1. The predicted molar refractivity (Wildman–Crippen MR) is 90.6 cm³/mol. The number of nitrogens with one attached hydrogen (secondary N) is 1. The van der Waals surface area contributed by atoms with Crippen molar-refractivity contribution in [2.24, 2.45) is 0 Å². The van der Waals surface area contributed by atoms with Crippen LogP contribution < -0.4 is 0 Å². The highest BCUT2D eigenvalue weighted by atomic mass is 16.2. The number of nitrogens with zero attached hydrogens (tertiary/aromatic N) is 2. The van der Waals surface area contributed by atoms with E-state index in [0.717, 1.165) is 22.5 Å². The molecule has 3 aromatic rings. The molecule has 0 fully saturated rings. The fraction of sp³-hybridized carbons (Fsp3) is 0.158. The Labute approximate surface area is 135 Å². The van der Waals surface area contributed by atoms with Gasteiger partial charge in [0.25, 0.3) is 0 Å². The van der Waals surface area contributed by atoms with Crippen molar-refractivity contribution in [2.45, 2.75) is 13.3 Å². The highest BCUT2D eigenvalue weighted by molar-refractivity contribution is 5.79. The van der Waals surface area contributed by atoms with Gasteiger partial charge < -0.3 is 10.1 Å². The van der Waals surface area contributed by atoms with Crippen molar-refractivity contribution < 1.29 is 5.11 Å². The molecular weight excluding hydrogens is 286 g/mol. The average molecular weight is 303 g/mol. The van der Waals surface area contributed by atoms with Crippen LogP contribution in [0.5, 0.6) is 0 Å². The minimum atomic E-state index is 0.0512. The van der Waals surface area contributed by atoms with E-state index < -0.39 is 0 Å². The zero-order valence-corrected chi connectivity index (χ0v) is 12.9. The van der Waals surface area contributed by atoms with Crippen molar-refractivity contribution >= 4 is 0 Å². The Bertz CT molecular complexity index is 857. The van der Waals surface area contributed by atoms with Crippen LogP contribution in [0.3, 0.4) is 0 Å². The van der Waals surface area contributed by atoms with Gasteiger partial charge in [0.15, 0.2) is 5.82 Å². The van der Waals surface area contributed by atoms with Crippen LogP contribution in [-0.2, 0) is 0 Å². The third-order valence-corrected chi connectivity index (χ3v) is 3.41. The summed E-state index contributed by atoms with van der Waals surface area (Å²) in [6.45, 7) is 2.11. The number of aliphatic hydroxyl groups is 1. The smallest absolute Gasteiger partial charge is 0.183 e. The first-order valence-electron chi connectivity index (χ1n) is 7.45. The maximum absolute atomic E-state index is 8.85. The molecule has 0 amide bonds. The number of hydrogen-bond donors (Lipinski definition) is 2. The highest BCUT2D eigenvalue weighted by Gasteiger charge is 2.13. The van der Waals surface area contributed by atoms with E-state index in [2.05, 4.69) is 45.8 Å². The van der Waals surface area contributed by atoms with E-state index in [9.17, 15) is 0 Å². The lowest BCUT2D eigenvalue weighted by Crippen LogP contribution is -1.85. The van der Waals surface area contributed by atoms with Gasteiger partial charge in [-0.05, 0) is 31.0 Å². The Morgan fingerprint density at radius 2 is 1.96 bits per heavy atom. The van der Waals surface area contributed by atoms with E-state index in [4.69, 9.17) is 5.11 Å². The summed E-state index contributed by atoms with van der Waals surface area (Å²) in [6, 6.07) is 12.1. The number of H-pyrrole nitrogens is 1. The van der Waals surface area contributed by atoms with Crippen molar-refractivity contribution in [1.29, 1.82) is 0 Å². The molecule has 0 unspecified atom stereocenters. The zero-order chi connectivity index (χ0) is 16.1. The van der Waals surface area contributed by atoms with Crippen LogP contribution in [0.4, 0.5) is 0 Å². The van der Waals surface area contributed by atoms with Gasteiger partial charge >= 0.3 is 0 Å². The van der Waals surface area contributed by atoms with Crippen LogP contribution in [0.15, 0.2) is 48.8 Å². The fourth-order valence-corrected chi connectivity index (χ4v) is 2.36. The molecule has 0 spiro atoms. The first-order chi connectivity index (χ1) is 11.3. The molecule has 0 bridgehead atoms. The van der Waals surface area contributed by atoms with E-state index in [1.807, 2.05) is 24.3 Å². The molecule has 2 N–H and O–H groups in total. The van der Waals surface area contributed by atoms with Crippen LogP contribution >= 0.6 is 0 Å². The molecule has 2 heterocycles. The molecule has 1 aromatic carbocycles. The maximum Gasteiger partial charge on any atom is 0.183 e. The minimum absolute atomic E-state index is 0.0512. The molecule has 0 radical (unpaired) electrons. The van der Waals surface area contributed by atoms with Crippen molar-refractivity contribution in [1.82, 2.24) is 15.0 Å². The van der Waals surface area contributed by atoms with Crippen LogP contribution in [-0.4, -0.2) is 26.7 Å². The Hall–Kier alpha value is -2.90. The maximum atomic E-state index is 8.85. The van der Waals surface area contributed by atoms with Crippen molar-refractivity contribution in [2.75, 3.05) is 6.61 Å². The number of aromatic amines is 1. The number of aliphatic hydroxyl groups excluding tert-OH is 1.